The molecular formula is C28H27ClN2O2. The summed E-state index contributed by atoms with van der Waals surface area (Å²) in [6, 6.07) is 25.2. The number of halogens is 1. The first kappa shape index (κ1) is 22.8. The normalized spacial score (nSPS) is 11.0. The van der Waals surface area contributed by atoms with Gasteiger partial charge in [0.1, 0.15) is 5.82 Å². The Morgan fingerprint density at radius 2 is 1.67 bits per heavy atom. The summed E-state index contributed by atoms with van der Waals surface area (Å²) in [5, 5.41) is 9.72. The number of carboxylic acid groups (broad SMARTS) is 1. The Kier molecular flexibility index (Phi) is 6.95. The second kappa shape index (κ2) is 10.1. The first-order valence-corrected chi connectivity index (χ1v) is 11.6. The maximum absolute atomic E-state index is 11.8. The Labute approximate surface area is 199 Å². The summed E-state index contributed by atoms with van der Waals surface area (Å²) in [5.41, 5.74) is 6.95. The summed E-state index contributed by atoms with van der Waals surface area (Å²) in [4.78, 5) is 16.1. The van der Waals surface area contributed by atoms with Crippen LogP contribution in [0.2, 0.25) is 5.15 Å². The van der Waals surface area contributed by atoms with E-state index in [1.165, 1.54) is 22.3 Å². The zero-order chi connectivity index (χ0) is 23.4. The molecular weight excluding hydrogens is 432 g/mol. The molecule has 0 saturated carbocycles. The van der Waals surface area contributed by atoms with Gasteiger partial charge in [-0.3, -0.25) is 0 Å². The fraction of sp³-hybridized carbons (Fsp3) is 0.214. The van der Waals surface area contributed by atoms with Gasteiger partial charge in [0, 0.05) is 13.0 Å². The smallest absolute Gasteiger partial charge is 0.355 e. The third-order valence-electron chi connectivity index (χ3n) is 5.91. The number of carbonyl (C=O) groups is 1. The number of carboxylic acids is 1. The summed E-state index contributed by atoms with van der Waals surface area (Å²) < 4.78 is 1.73. The molecule has 33 heavy (non-hydrogen) atoms. The maximum Gasteiger partial charge on any atom is 0.355 e. The molecule has 0 saturated heterocycles. The number of benzene rings is 3. The van der Waals surface area contributed by atoms with E-state index in [9.17, 15) is 9.90 Å². The Hall–Kier alpha value is -3.37. The number of imidazole rings is 1. The number of aromatic nitrogens is 2. The van der Waals surface area contributed by atoms with E-state index < -0.39 is 5.97 Å². The minimum atomic E-state index is -1.06. The van der Waals surface area contributed by atoms with E-state index in [0.29, 0.717) is 13.0 Å². The van der Waals surface area contributed by atoms with Gasteiger partial charge in [-0.2, -0.15) is 0 Å². The van der Waals surface area contributed by atoms with Crippen LogP contribution in [0.15, 0.2) is 72.8 Å². The van der Waals surface area contributed by atoms with Crippen LogP contribution in [0.3, 0.4) is 0 Å². The van der Waals surface area contributed by atoms with E-state index >= 15 is 0 Å². The summed E-state index contributed by atoms with van der Waals surface area (Å²) in [7, 11) is 0. The van der Waals surface area contributed by atoms with Crippen molar-refractivity contribution in [1.82, 2.24) is 9.55 Å². The molecule has 4 rings (SSSR count). The van der Waals surface area contributed by atoms with Crippen LogP contribution in [0.25, 0.3) is 22.3 Å². The Morgan fingerprint density at radius 3 is 2.33 bits per heavy atom. The maximum atomic E-state index is 11.8. The second-order valence-corrected chi connectivity index (χ2v) is 8.61. The van der Waals surface area contributed by atoms with Crippen LogP contribution in [-0.2, 0) is 13.0 Å². The van der Waals surface area contributed by atoms with Crippen LogP contribution in [0, 0.1) is 6.92 Å². The molecule has 0 spiro atoms. The fourth-order valence-corrected chi connectivity index (χ4v) is 4.36. The number of nitrogens with zero attached hydrogens (tertiary/aromatic N) is 2. The van der Waals surface area contributed by atoms with Crippen molar-refractivity contribution in [2.45, 2.75) is 39.7 Å². The van der Waals surface area contributed by atoms with Crippen LogP contribution < -0.4 is 0 Å². The van der Waals surface area contributed by atoms with Crippen LogP contribution in [0.1, 0.15) is 47.2 Å². The zero-order valence-corrected chi connectivity index (χ0v) is 19.6. The highest BCUT2D eigenvalue weighted by Gasteiger charge is 2.21. The average molecular weight is 459 g/mol. The lowest BCUT2D eigenvalue weighted by Gasteiger charge is -2.13. The van der Waals surface area contributed by atoms with Crippen molar-refractivity contribution < 1.29 is 9.90 Å². The predicted molar refractivity (Wildman–Crippen MR) is 134 cm³/mol. The van der Waals surface area contributed by atoms with Gasteiger partial charge in [-0.1, -0.05) is 91.7 Å². The van der Waals surface area contributed by atoms with Crippen molar-refractivity contribution in [2.75, 3.05) is 0 Å². The molecule has 1 N–H and O–H groups in total. The number of hydrogen-bond donors (Lipinski definition) is 1. The minimum absolute atomic E-state index is 0.0539. The van der Waals surface area contributed by atoms with E-state index in [4.69, 9.17) is 11.6 Å². The van der Waals surface area contributed by atoms with E-state index in [-0.39, 0.29) is 10.8 Å². The minimum Gasteiger partial charge on any atom is -0.476 e. The second-order valence-electron chi connectivity index (χ2n) is 8.25. The molecule has 168 valence electrons. The van der Waals surface area contributed by atoms with Gasteiger partial charge < -0.3 is 9.67 Å². The first-order valence-electron chi connectivity index (χ1n) is 11.2. The molecule has 0 fully saturated rings. The lowest BCUT2D eigenvalue weighted by atomic mass is 9.95. The topological polar surface area (TPSA) is 55.1 Å². The van der Waals surface area contributed by atoms with Gasteiger partial charge in [0.05, 0.1) is 0 Å². The number of rotatable bonds is 8. The van der Waals surface area contributed by atoms with Crippen LogP contribution >= 0.6 is 11.6 Å². The molecule has 4 nitrogen and oxygen atoms in total. The fourth-order valence-electron chi connectivity index (χ4n) is 4.08. The Bertz CT molecular complexity index is 1260. The van der Waals surface area contributed by atoms with Crippen molar-refractivity contribution in [3.8, 4) is 22.3 Å². The lowest BCUT2D eigenvalue weighted by molar-refractivity contribution is 0.0685. The average Bonchev–Trinajstić information content (AvgIpc) is 3.14. The molecule has 0 aliphatic heterocycles. The number of aromatic carboxylic acids is 1. The van der Waals surface area contributed by atoms with Crippen molar-refractivity contribution in [3.05, 3.63) is 101 Å². The molecule has 1 aromatic heterocycles. The number of aryl methyl sites for hydroxylation is 2. The third-order valence-corrected chi connectivity index (χ3v) is 6.17. The molecule has 0 unspecified atom stereocenters. The molecule has 0 bridgehead atoms. The van der Waals surface area contributed by atoms with Crippen molar-refractivity contribution in [1.29, 1.82) is 0 Å². The summed E-state index contributed by atoms with van der Waals surface area (Å²) in [5.74, 6) is -0.338. The van der Waals surface area contributed by atoms with Crippen LogP contribution in [-0.4, -0.2) is 20.6 Å². The lowest BCUT2D eigenvalue weighted by Crippen LogP contribution is -2.13. The van der Waals surface area contributed by atoms with Gasteiger partial charge in [-0.05, 0) is 52.8 Å². The largest absolute Gasteiger partial charge is 0.476 e. The van der Waals surface area contributed by atoms with Gasteiger partial charge >= 0.3 is 5.97 Å². The number of hydrogen-bond acceptors (Lipinski definition) is 2. The van der Waals surface area contributed by atoms with Crippen LogP contribution in [0.5, 0.6) is 0 Å². The summed E-state index contributed by atoms with van der Waals surface area (Å²) in [6.07, 6.45) is 2.64. The van der Waals surface area contributed by atoms with E-state index in [2.05, 4.69) is 61.3 Å². The first-order chi connectivity index (χ1) is 16.0. The Morgan fingerprint density at radius 1 is 0.970 bits per heavy atom. The van der Waals surface area contributed by atoms with Gasteiger partial charge in [-0.15, -0.1) is 0 Å². The summed E-state index contributed by atoms with van der Waals surface area (Å²) in [6.45, 7) is 4.63. The standard InChI is InChI=1S/C28H27ClN2O2/c1-3-4-10-25-30-27(29)26(28(32)33)31(25)18-20-12-15-22(16-13-20)24-17-23(14-11-19(24)2)21-8-6-5-7-9-21/h5-9,11-17H,3-4,10,18H2,1-2H3,(H,32,33). The molecule has 0 atom stereocenters. The molecule has 0 amide bonds. The Balaban J connectivity index is 1.64. The monoisotopic (exact) mass is 458 g/mol. The summed E-state index contributed by atoms with van der Waals surface area (Å²) >= 11 is 6.17. The van der Waals surface area contributed by atoms with E-state index in [0.717, 1.165) is 29.8 Å². The molecule has 1 heterocycles. The SMILES string of the molecule is CCCCc1nc(Cl)c(C(=O)O)n1Cc1ccc(-c2cc(-c3ccccc3)ccc2C)cc1. The molecule has 3 aromatic carbocycles. The van der Waals surface area contributed by atoms with Gasteiger partial charge in [0.15, 0.2) is 10.8 Å². The van der Waals surface area contributed by atoms with Crippen LogP contribution in [0.4, 0.5) is 0 Å². The molecule has 0 aliphatic carbocycles. The zero-order valence-electron chi connectivity index (χ0n) is 18.9. The highest BCUT2D eigenvalue weighted by molar-refractivity contribution is 6.32. The predicted octanol–water partition coefficient (Wildman–Crippen LogP) is 7.27. The molecule has 0 radical (unpaired) electrons. The quantitative estimate of drug-likeness (QED) is 0.302. The van der Waals surface area contributed by atoms with Gasteiger partial charge in [0.25, 0.3) is 0 Å². The third kappa shape index (κ3) is 5.01. The van der Waals surface area contributed by atoms with E-state index in [1.807, 2.05) is 30.3 Å². The van der Waals surface area contributed by atoms with Crippen molar-refractivity contribution in [3.63, 3.8) is 0 Å². The number of unbranched alkanes of at least 4 members (excludes halogenated alkanes) is 1. The highest BCUT2D eigenvalue weighted by atomic mass is 35.5. The van der Waals surface area contributed by atoms with Gasteiger partial charge in [-0.25, -0.2) is 9.78 Å². The molecule has 5 heteroatoms. The highest BCUT2D eigenvalue weighted by Crippen LogP contribution is 2.30. The molecule has 4 aromatic rings. The van der Waals surface area contributed by atoms with Gasteiger partial charge in [0.2, 0.25) is 0 Å². The molecule has 0 aliphatic rings. The van der Waals surface area contributed by atoms with Crippen molar-refractivity contribution >= 4 is 17.6 Å². The van der Waals surface area contributed by atoms with E-state index in [1.54, 1.807) is 4.57 Å². The van der Waals surface area contributed by atoms with Crippen molar-refractivity contribution in [2.24, 2.45) is 0 Å².